The zero-order valence-corrected chi connectivity index (χ0v) is 6.56. The van der Waals surface area contributed by atoms with Crippen LogP contribution in [0.15, 0.2) is 0 Å². The number of rotatable bonds is 2. The van der Waals surface area contributed by atoms with E-state index in [-0.39, 0.29) is 6.04 Å². The lowest BCUT2D eigenvalue weighted by Gasteiger charge is -2.00. The molecule has 0 saturated carbocycles. The van der Waals surface area contributed by atoms with Crippen molar-refractivity contribution < 1.29 is 9.31 Å². The number of nitrogens with zero attached hydrogens (tertiary/aromatic N) is 4. The van der Waals surface area contributed by atoms with E-state index in [0.29, 0.717) is 0 Å². The van der Waals surface area contributed by atoms with E-state index in [1.165, 1.54) is 0 Å². The summed E-state index contributed by atoms with van der Waals surface area (Å²) in [6.07, 6.45) is 0. The summed E-state index contributed by atoms with van der Waals surface area (Å²) in [7, 11) is 0. The van der Waals surface area contributed by atoms with Gasteiger partial charge in [0.2, 0.25) is 0 Å². The first-order valence-electron chi connectivity index (χ1n) is 3.29. The second kappa shape index (κ2) is 2.84. The quantitative estimate of drug-likeness (QED) is 0.493. The molecule has 7 heteroatoms. The summed E-state index contributed by atoms with van der Waals surface area (Å²) in [5.74, 6) is -1.83. The Morgan fingerprint density at radius 2 is 2.25 bits per heavy atom. The highest BCUT2D eigenvalue weighted by Gasteiger charge is 2.24. The molecule has 0 radical (unpaired) electrons. The third kappa shape index (κ3) is 1.25. The van der Waals surface area contributed by atoms with Crippen molar-refractivity contribution >= 4 is 5.82 Å². The van der Waals surface area contributed by atoms with Crippen molar-refractivity contribution in [3.05, 3.63) is 16.1 Å². The van der Waals surface area contributed by atoms with Crippen molar-refractivity contribution in [2.75, 3.05) is 0 Å². The topological polar surface area (TPSA) is 73.8 Å². The summed E-state index contributed by atoms with van der Waals surface area (Å²) >= 11 is 0. The standard InChI is InChI=1S/C5H7FN4O2/c1-3(2)9-4(6)5(7-8-9)10(11)12/h3H,1-2H3. The lowest BCUT2D eigenvalue weighted by atomic mass is 10.4. The van der Waals surface area contributed by atoms with Gasteiger partial charge in [0.1, 0.15) is 5.10 Å². The zero-order valence-electron chi connectivity index (χ0n) is 6.56. The molecule has 0 saturated heterocycles. The predicted molar refractivity (Wildman–Crippen MR) is 37.0 cm³/mol. The fourth-order valence-corrected chi connectivity index (χ4v) is 0.715. The van der Waals surface area contributed by atoms with Crippen molar-refractivity contribution in [1.29, 1.82) is 0 Å². The van der Waals surface area contributed by atoms with Crippen LogP contribution in [0, 0.1) is 16.1 Å². The van der Waals surface area contributed by atoms with Gasteiger partial charge in [0.25, 0.3) is 0 Å². The minimum atomic E-state index is -1.00. The minimum Gasteiger partial charge on any atom is -0.358 e. The van der Waals surface area contributed by atoms with Crippen LogP contribution < -0.4 is 0 Å². The monoisotopic (exact) mass is 174 g/mol. The van der Waals surface area contributed by atoms with E-state index in [4.69, 9.17) is 0 Å². The van der Waals surface area contributed by atoms with Gasteiger partial charge in [-0.2, -0.15) is 9.07 Å². The Labute approximate surface area is 67.1 Å². The van der Waals surface area contributed by atoms with Crippen LogP contribution in [-0.4, -0.2) is 19.9 Å². The highest BCUT2D eigenvalue weighted by atomic mass is 19.1. The molecule has 0 aliphatic carbocycles. The van der Waals surface area contributed by atoms with Gasteiger partial charge in [-0.15, -0.1) is 0 Å². The van der Waals surface area contributed by atoms with Crippen LogP contribution in [0.4, 0.5) is 10.2 Å². The molecule has 1 heterocycles. The van der Waals surface area contributed by atoms with Crippen LogP contribution in [0.1, 0.15) is 19.9 Å². The summed E-state index contributed by atoms with van der Waals surface area (Å²) in [5, 5.41) is 16.5. The van der Waals surface area contributed by atoms with E-state index < -0.39 is 16.7 Å². The van der Waals surface area contributed by atoms with Crippen molar-refractivity contribution in [3.63, 3.8) is 0 Å². The summed E-state index contributed by atoms with van der Waals surface area (Å²) < 4.78 is 13.8. The van der Waals surface area contributed by atoms with E-state index in [2.05, 4.69) is 10.3 Å². The van der Waals surface area contributed by atoms with E-state index in [1.54, 1.807) is 13.8 Å². The molecule has 0 N–H and O–H groups in total. The highest BCUT2D eigenvalue weighted by molar-refractivity contribution is 5.12. The lowest BCUT2D eigenvalue weighted by molar-refractivity contribution is -0.392. The molecule has 1 aromatic rings. The fourth-order valence-electron chi connectivity index (χ4n) is 0.715. The van der Waals surface area contributed by atoms with Gasteiger partial charge in [-0.25, -0.2) is 0 Å². The molecule has 0 aliphatic rings. The van der Waals surface area contributed by atoms with Gasteiger partial charge in [0.05, 0.1) is 11.3 Å². The Kier molecular flexibility index (Phi) is 2.03. The van der Waals surface area contributed by atoms with E-state index in [0.717, 1.165) is 4.68 Å². The second-order valence-corrected chi connectivity index (χ2v) is 2.50. The Bertz CT molecular complexity index is 308. The first kappa shape index (κ1) is 8.57. The van der Waals surface area contributed by atoms with Gasteiger partial charge < -0.3 is 10.1 Å². The molecule has 0 unspecified atom stereocenters. The summed E-state index contributed by atoms with van der Waals surface area (Å²) in [4.78, 5) is 9.21. The van der Waals surface area contributed by atoms with Gasteiger partial charge in [-0.3, -0.25) is 0 Å². The average molecular weight is 174 g/mol. The minimum absolute atomic E-state index is 0.272. The van der Waals surface area contributed by atoms with Crippen LogP contribution in [0.5, 0.6) is 0 Å². The van der Waals surface area contributed by atoms with E-state index >= 15 is 0 Å². The normalized spacial score (nSPS) is 10.7. The van der Waals surface area contributed by atoms with Crippen LogP contribution in [0.2, 0.25) is 0 Å². The highest BCUT2D eigenvalue weighted by Crippen LogP contribution is 2.14. The molecule has 0 spiro atoms. The van der Waals surface area contributed by atoms with Crippen LogP contribution in [-0.2, 0) is 0 Å². The van der Waals surface area contributed by atoms with Crippen molar-refractivity contribution in [1.82, 2.24) is 15.0 Å². The summed E-state index contributed by atoms with van der Waals surface area (Å²) in [6.45, 7) is 3.31. The Balaban J connectivity index is 3.13. The molecule has 0 amide bonds. The third-order valence-electron chi connectivity index (χ3n) is 1.28. The summed E-state index contributed by atoms with van der Waals surface area (Å²) in [5.41, 5.74) is 0. The first-order valence-corrected chi connectivity index (χ1v) is 3.29. The molecular weight excluding hydrogens is 167 g/mol. The van der Waals surface area contributed by atoms with Crippen LogP contribution >= 0.6 is 0 Å². The molecule has 66 valence electrons. The van der Waals surface area contributed by atoms with Gasteiger partial charge in [0, 0.05) is 0 Å². The Morgan fingerprint density at radius 3 is 2.50 bits per heavy atom. The molecule has 0 bridgehead atoms. The molecule has 0 fully saturated rings. The molecule has 1 aromatic heterocycles. The maximum atomic E-state index is 12.9. The lowest BCUT2D eigenvalue weighted by Crippen LogP contribution is -2.06. The number of aromatic nitrogens is 3. The zero-order chi connectivity index (χ0) is 9.30. The SMILES string of the molecule is CC(C)n1nnc([N+](=O)[O-])c1F. The third-order valence-corrected chi connectivity index (χ3v) is 1.28. The van der Waals surface area contributed by atoms with Crippen molar-refractivity contribution in [3.8, 4) is 0 Å². The van der Waals surface area contributed by atoms with Crippen molar-refractivity contribution in [2.24, 2.45) is 0 Å². The average Bonchev–Trinajstić information content (AvgIpc) is 2.30. The number of hydrogen-bond acceptors (Lipinski definition) is 4. The Morgan fingerprint density at radius 1 is 1.67 bits per heavy atom. The fraction of sp³-hybridized carbons (Fsp3) is 0.600. The first-order chi connectivity index (χ1) is 5.54. The van der Waals surface area contributed by atoms with Gasteiger partial charge >= 0.3 is 11.8 Å². The number of nitro groups is 1. The van der Waals surface area contributed by atoms with Gasteiger partial charge in [0.15, 0.2) is 0 Å². The number of halogens is 1. The smallest absolute Gasteiger partial charge is 0.358 e. The molecule has 6 nitrogen and oxygen atoms in total. The maximum absolute atomic E-state index is 12.9. The van der Waals surface area contributed by atoms with E-state index in [1.807, 2.05) is 0 Å². The van der Waals surface area contributed by atoms with Crippen LogP contribution in [0.25, 0.3) is 0 Å². The maximum Gasteiger partial charge on any atom is 0.447 e. The second-order valence-electron chi connectivity index (χ2n) is 2.50. The summed E-state index contributed by atoms with van der Waals surface area (Å²) in [6, 6.07) is -0.272. The van der Waals surface area contributed by atoms with Crippen molar-refractivity contribution in [2.45, 2.75) is 19.9 Å². The van der Waals surface area contributed by atoms with E-state index in [9.17, 15) is 14.5 Å². The molecule has 12 heavy (non-hydrogen) atoms. The largest absolute Gasteiger partial charge is 0.447 e. The van der Waals surface area contributed by atoms with Gasteiger partial charge in [-0.05, 0) is 18.8 Å². The Hall–Kier alpha value is -1.53. The van der Waals surface area contributed by atoms with Crippen LogP contribution in [0.3, 0.4) is 0 Å². The predicted octanol–water partition coefficient (Wildman–Crippen LogP) is 0.906. The molecule has 1 rings (SSSR count). The molecule has 0 aliphatic heterocycles. The number of hydrogen-bond donors (Lipinski definition) is 0. The van der Waals surface area contributed by atoms with Gasteiger partial charge in [-0.1, -0.05) is 0 Å². The molecule has 0 atom stereocenters. The molecular formula is C5H7FN4O2. The molecule has 0 aromatic carbocycles.